The molecule has 2 amide bonds. The lowest BCUT2D eigenvalue weighted by atomic mass is 10.2. The molecular formula is C17H20N2O5S2. The third-order valence-electron chi connectivity index (χ3n) is 4.31. The highest BCUT2D eigenvalue weighted by Crippen LogP contribution is 2.51. The van der Waals surface area contributed by atoms with Crippen LogP contribution in [0.25, 0.3) is 0 Å². The summed E-state index contributed by atoms with van der Waals surface area (Å²) in [5.41, 5.74) is 0.844. The van der Waals surface area contributed by atoms with Gasteiger partial charge < -0.3 is 20.1 Å². The van der Waals surface area contributed by atoms with Crippen molar-refractivity contribution >= 4 is 41.5 Å². The third kappa shape index (κ3) is 4.45. The van der Waals surface area contributed by atoms with Crippen molar-refractivity contribution in [2.45, 2.75) is 23.1 Å². The number of carboxylic acid groups (broad SMARTS) is 1. The zero-order chi connectivity index (χ0) is 18.6. The smallest absolute Gasteiger partial charge is 0.407 e. The lowest BCUT2D eigenvalue weighted by molar-refractivity contribution is -0.147. The summed E-state index contributed by atoms with van der Waals surface area (Å²) in [5, 5.41) is 11.8. The van der Waals surface area contributed by atoms with Crippen LogP contribution < -0.4 is 5.32 Å². The minimum absolute atomic E-state index is 0.110. The second kappa shape index (κ2) is 8.22. The Morgan fingerprint density at radius 1 is 1.23 bits per heavy atom. The standard InChI is InChI=1S/C17H20N2O5S2/c20-14(9-18-16(23)24-10-12-4-2-1-3-5-12)19-11-17(25-6-7-26-17)8-13(19)15(21)22/h1-5,13H,6-11H2,(H,18,23)(H,21,22). The van der Waals surface area contributed by atoms with E-state index in [1.807, 2.05) is 30.3 Å². The minimum Gasteiger partial charge on any atom is -0.480 e. The monoisotopic (exact) mass is 396 g/mol. The van der Waals surface area contributed by atoms with Crippen molar-refractivity contribution in [3.05, 3.63) is 35.9 Å². The summed E-state index contributed by atoms with van der Waals surface area (Å²) in [6.07, 6.45) is -0.269. The van der Waals surface area contributed by atoms with E-state index < -0.39 is 24.0 Å². The molecule has 1 aromatic rings. The highest BCUT2D eigenvalue weighted by Gasteiger charge is 2.51. The van der Waals surface area contributed by atoms with Crippen LogP contribution >= 0.6 is 23.5 Å². The van der Waals surface area contributed by atoms with Crippen LogP contribution in [0.2, 0.25) is 0 Å². The van der Waals surface area contributed by atoms with Crippen molar-refractivity contribution in [1.29, 1.82) is 0 Å². The average Bonchev–Trinajstić information content (AvgIpc) is 3.26. The number of alkyl carbamates (subject to hydrolysis) is 1. The van der Waals surface area contributed by atoms with Crippen LogP contribution in [0.1, 0.15) is 12.0 Å². The van der Waals surface area contributed by atoms with Crippen molar-refractivity contribution in [3.63, 3.8) is 0 Å². The number of likely N-dealkylation sites (tertiary alicyclic amines) is 1. The Morgan fingerprint density at radius 2 is 1.92 bits per heavy atom. The number of carboxylic acids is 1. The van der Waals surface area contributed by atoms with Crippen LogP contribution in [-0.2, 0) is 20.9 Å². The lowest BCUT2D eigenvalue weighted by Crippen LogP contribution is -2.45. The van der Waals surface area contributed by atoms with E-state index in [9.17, 15) is 19.5 Å². The molecule has 26 heavy (non-hydrogen) atoms. The molecule has 2 aliphatic rings. The van der Waals surface area contributed by atoms with Gasteiger partial charge in [0.15, 0.2) is 0 Å². The molecular weight excluding hydrogens is 376 g/mol. The molecule has 2 heterocycles. The second-order valence-electron chi connectivity index (χ2n) is 6.10. The molecule has 0 aliphatic carbocycles. The molecule has 1 unspecified atom stereocenters. The van der Waals surface area contributed by atoms with E-state index in [4.69, 9.17) is 4.74 Å². The topological polar surface area (TPSA) is 95.9 Å². The van der Waals surface area contributed by atoms with Gasteiger partial charge in [0.2, 0.25) is 5.91 Å². The van der Waals surface area contributed by atoms with E-state index in [2.05, 4.69) is 5.32 Å². The largest absolute Gasteiger partial charge is 0.480 e. The van der Waals surface area contributed by atoms with Gasteiger partial charge in [-0.1, -0.05) is 30.3 Å². The van der Waals surface area contributed by atoms with Crippen LogP contribution in [0.15, 0.2) is 30.3 Å². The van der Waals surface area contributed by atoms with Crippen LogP contribution in [0.3, 0.4) is 0 Å². The highest BCUT2D eigenvalue weighted by atomic mass is 32.2. The lowest BCUT2D eigenvalue weighted by Gasteiger charge is -2.23. The minimum atomic E-state index is -1.00. The van der Waals surface area contributed by atoms with E-state index in [-0.39, 0.29) is 17.2 Å². The first-order valence-electron chi connectivity index (χ1n) is 8.24. The average molecular weight is 396 g/mol. The second-order valence-corrected chi connectivity index (χ2v) is 9.32. The number of carbonyl (C=O) groups excluding carboxylic acids is 2. The first-order chi connectivity index (χ1) is 12.5. The predicted octanol–water partition coefficient (Wildman–Crippen LogP) is 1.77. The zero-order valence-corrected chi connectivity index (χ0v) is 15.7. The fourth-order valence-corrected chi connectivity index (χ4v) is 6.31. The Morgan fingerprint density at radius 3 is 2.58 bits per heavy atom. The molecule has 0 aromatic heterocycles. The summed E-state index contributed by atoms with van der Waals surface area (Å²) in [7, 11) is 0. The molecule has 3 rings (SSSR count). The van der Waals surface area contributed by atoms with Gasteiger partial charge in [0.05, 0.1) is 4.08 Å². The molecule has 1 spiro atoms. The molecule has 0 bridgehead atoms. The number of rotatable bonds is 5. The van der Waals surface area contributed by atoms with Gasteiger partial charge >= 0.3 is 12.1 Å². The number of nitrogens with one attached hydrogen (secondary N) is 1. The van der Waals surface area contributed by atoms with Gasteiger partial charge in [-0.25, -0.2) is 9.59 Å². The number of benzene rings is 1. The number of carbonyl (C=O) groups is 3. The maximum absolute atomic E-state index is 12.5. The van der Waals surface area contributed by atoms with E-state index >= 15 is 0 Å². The normalized spacial score (nSPS) is 20.9. The van der Waals surface area contributed by atoms with E-state index in [1.165, 1.54) is 4.90 Å². The van der Waals surface area contributed by atoms with Crippen molar-refractivity contribution in [1.82, 2.24) is 10.2 Å². The molecule has 0 saturated carbocycles. The van der Waals surface area contributed by atoms with Gasteiger partial charge in [-0.05, 0) is 5.56 Å². The number of hydrogen-bond donors (Lipinski definition) is 2. The number of ether oxygens (including phenoxy) is 1. The van der Waals surface area contributed by atoms with Crippen LogP contribution in [0.4, 0.5) is 4.79 Å². The Bertz CT molecular complexity index is 679. The van der Waals surface area contributed by atoms with Crippen LogP contribution in [-0.4, -0.2) is 62.7 Å². The molecule has 2 fully saturated rings. The quantitative estimate of drug-likeness (QED) is 0.783. The third-order valence-corrected chi connectivity index (χ3v) is 7.73. The van der Waals surface area contributed by atoms with Crippen LogP contribution in [0.5, 0.6) is 0 Å². The zero-order valence-electron chi connectivity index (χ0n) is 14.1. The summed E-state index contributed by atoms with van der Waals surface area (Å²) in [6.45, 7) is 0.223. The maximum atomic E-state index is 12.5. The molecule has 9 heteroatoms. The predicted molar refractivity (Wildman–Crippen MR) is 100 cm³/mol. The highest BCUT2D eigenvalue weighted by molar-refractivity contribution is 8.21. The summed E-state index contributed by atoms with van der Waals surface area (Å²) < 4.78 is 4.83. The van der Waals surface area contributed by atoms with Crippen molar-refractivity contribution in [2.24, 2.45) is 0 Å². The Balaban J connectivity index is 1.50. The summed E-state index contributed by atoms with van der Waals surface area (Å²) >= 11 is 3.44. The number of thioether (sulfide) groups is 2. The molecule has 140 valence electrons. The van der Waals surface area contributed by atoms with Crippen molar-refractivity contribution in [2.75, 3.05) is 24.6 Å². The number of amides is 2. The van der Waals surface area contributed by atoms with Gasteiger partial charge in [0.25, 0.3) is 0 Å². The maximum Gasteiger partial charge on any atom is 0.407 e. The fraction of sp³-hybridized carbons (Fsp3) is 0.471. The number of nitrogens with zero attached hydrogens (tertiary/aromatic N) is 1. The van der Waals surface area contributed by atoms with Gasteiger partial charge in [0, 0.05) is 24.5 Å². The van der Waals surface area contributed by atoms with E-state index in [0.717, 1.165) is 17.1 Å². The molecule has 1 aromatic carbocycles. The van der Waals surface area contributed by atoms with Crippen molar-refractivity contribution in [3.8, 4) is 0 Å². The van der Waals surface area contributed by atoms with Gasteiger partial charge in [-0.2, -0.15) is 0 Å². The number of aliphatic carboxylic acids is 1. The van der Waals surface area contributed by atoms with Gasteiger partial charge in [-0.3, -0.25) is 4.79 Å². The van der Waals surface area contributed by atoms with Crippen molar-refractivity contribution < 1.29 is 24.2 Å². The molecule has 1 atom stereocenters. The van der Waals surface area contributed by atoms with Gasteiger partial charge in [-0.15, -0.1) is 23.5 Å². The Labute approximate surface area is 159 Å². The number of hydrogen-bond acceptors (Lipinski definition) is 6. The van der Waals surface area contributed by atoms with E-state index in [0.29, 0.717) is 13.0 Å². The first-order valence-corrected chi connectivity index (χ1v) is 10.2. The van der Waals surface area contributed by atoms with Crippen LogP contribution in [0, 0.1) is 0 Å². The van der Waals surface area contributed by atoms with E-state index in [1.54, 1.807) is 23.5 Å². The summed E-state index contributed by atoms with van der Waals surface area (Å²) in [5.74, 6) is 0.514. The summed E-state index contributed by atoms with van der Waals surface area (Å²) in [4.78, 5) is 37.1. The summed E-state index contributed by atoms with van der Waals surface area (Å²) in [6, 6.07) is 8.36. The first kappa shape index (κ1) is 18.9. The molecule has 2 N–H and O–H groups in total. The Kier molecular flexibility index (Phi) is 5.98. The fourth-order valence-electron chi connectivity index (χ4n) is 3.05. The Hall–Kier alpha value is -1.87. The molecule has 0 radical (unpaired) electrons. The van der Waals surface area contributed by atoms with Gasteiger partial charge in [0.1, 0.15) is 19.2 Å². The molecule has 2 saturated heterocycles. The molecule has 2 aliphatic heterocycles. The SMILES string of the molecule is O=C(NCC(=O)N1CC2(CC1C(=O)O)SCCS2)OCc1ccccc1. The molecule has 7 nitrogen and oxygen atoms in total.